The molecular weight excluding hydrogens is 419 g/mol. The van der Waals surface area contributed by atoms with E-state index in [0.717, 1.165) is 0 Å². The third-order valence-electron chi connectivity index (χ3n) is 4.03. The number of carbonyl (C=O) groups is 2. The van der Waals surface area contributed by atoms with Crippen LogP contribution in [0, 0.1) is 0 Å². The number of nitrogens with two attached hydrogens (primary N) is 1. The van der Waals surface area contributed by atoms with E-state index < -0.39 is 37.5 Å². The van der Waals surface area contributed by atoms with Gasteiger partial charge in [0.05, 0.1) is 6.04 Å². The summed E-state index contributed by atoms with van der Waals surface area (Å²) in [6, 6.07) is 6.94. The number of hydrogen-bond donors (Lipinski definition) is 7. The molecule has 0 aromatic heterocycles. The van der Waals surface area contributed by atoms with Crippen molar-refractivity contribution in [1.82, 2.24) is 5.32 Å². The molecule has 0 spiro atoms. The average molecular weight is 440 g/mol. The molecule has 0 aliphatic carbocycles. The van der Waals surface area contributed by atoms with Gasteiger partial charge in [0.25, 0.3) is 0 Å². The van der Waals surface area contributed by atoms with Crippen LogP contribution in [0.15, 0.2) is 42.5 Å². The quantitative estimate of drug-likeness (QED) is 0.209. The van der Waals surface area contributed by atoms with Gasteiger partial charge in [-0.05, 0) is 41.8 Å². The number of phosphoric ester groups is 1. The van der Waals surface area contributed by atoms with Crippen LogP contribution in [-0.4, -0.2) is 49.1 Å². The van der Waals surface area contributed by atoms with Gasteiger partial charge < -0.3 is 30.9 Å². The van der Waals surface area contributed by atoms with E-state index in [0.29, 0.717) is 11.1 Å². The van der Waals surface area contributed by atoms with Gasteiger partial charge >= 0.3 is 13.8 Å². The monoisotopic (exact) mass is 440 g/mol. The van der Waals surface area contributed by atoms with Gasteiger partial charge in [0.1, 0.15) is 11.8 Å². The Labute approximate surface area is 171 Å². The first-order chi connectivity index (χ1) is 13.9. The number of amides is 1. The predicted octanol–water partition coefficient (Wildman–Crippen LogP) is 0.251. The first-order valence-corrected chi connectivity index (χ1v) is 10.1. The fraction of sp³-hybridized carbons (Fsp3) is 0.222. The molecule has 2 aromatic rings. The average Bonchev–Trinajstić information content (AvgIpc) is 2.64. The Hall–Kier alpha value is -3.11. The van der Waals surface area contributed by atoms with E-state index in [1.54, 1.807) is 0 Å². The second-order valence-corrected chi connectivity index (χ2v) is 7.63. The Morgan fingerprint density at radius 1 is 1.00 bits per heavy atom. The van der Waals surface area contributed by atoms with E-state index in [-0.39, 0.29) is 24.3 Å². The number of hydrogen-bond acceptors (Lipinski definition) is 7. The van der Waals surface area contributed by atoms with Crippen LogP contribution in [-0.2, 0) is 27.0 Å². The summed E-state index contributed by atoms with van der Waals surface area (Å²) in [7, 11) is -4.68. The minimum Gasteiger partial charge on any atom is -0.504 e. The fourth-order valence-electron chi connectivity index (χ4n) is 2.58. The smallest absolute Gasteiger partial charge is 0.504 e. The summed E-state index contributed by atoms with van der Waals surface area (Å²) in [5.74, 6) is -2.85. The normalized spacial score (nSPS) is 13.3. The molecule has 8 N–H and O–H groups in total. The highest BCUT2D eigenvalue weighted by Gasteiger charge is 2.24. The van der Waals surface area contributed by atoms with Gasteiger partial charge in [-0.3, -0.25) is 14.6 Å². The highest BCUT2D eigenvalue weighted by Crippen LogP contribution is 2.37. The van der Waals surface area contributed by atoms with Gasteiger partial charge in [-0.15, -0.1) is 0 Å². The summed E-state index contributed by atoms with van der Waals surface area (Å²) < 4.78 is 15.2. The summed E-state index contributed by atoms with van der Waals surface area (Å²) in [5.41, 5.74) is 6.78. The van der Waals surface area contributed by atoms with Crippen LogP contribution in [0.3, 0.4) is 0 Å². The van der Waals surface area contributed by atoms with Crippen molar-refractivity contribution in [2.45, 2.75) is 24.9 Å². The molecule has 0 aliphatic rings. The van der Waals surface area contributed by atoms with Crippen molar-refractivity contribution >= 4 is 19.7 Å². The van der Waals surface area contributed by atoms with Crippen LogP contribution >= 0.6 is 7.82 Å². The van der Waals surface area contributed by atoms with E-state index in [1.165, 1.54) is 42.5 Å². The number of phosphoric acid groups is 1. The molecule has 30 heavy (non-hydrogen) atoms. The summed E-state index contributed by atoms with van der Waals surface area (Å²) in [5, 5.41) is 30.5. The summed E-state index contributed by atoms with van der Waals surface area (Å²) in [4.78, 5) is 41.3. The van der Waals surface area contributed by atoms with Crippen molar-refractivity contribution in [3.05, 3.63) is 53.6 Å². The Bertz CT molecular complexity index is 959. The molecule has 2 aromatic carbocycles. The molecule has 2 atom stereocenters. The lowest BCUT2D eigenvalue weighted by atomic mass is 10.0. The van der Waals surface area contributed by atoms with Gasteiger partial charge in [-0.25, -0.2) is 9.36 Å². The van der Waals surface area contributed by atoms with E-state index in [1.807, 2.05) is 0 Å². The first-order valence-electron chi connectivity index (χ1n) is 8.58. The highest BCUT2D eigenvalue weighted by atomic mass is 31.2. The molecule has 11 nitrogen and oxygen atoms in total. The van der Waals surface area contributed by atoms with Crippen molar-refractivity contribution in [3.63, 3.8) is 0 Å². The second kappa shape index (κ2) is 9.59. The van der Waals surface area contributed by atoms with E-state index in [4.69, 9.17) is 15.5 Å². The molecule has 162 valence electrons. The van der Waals surface area contributed by atoms with Gasteiger partial charge in [-0.1, -0.05) is 18.2 Å². The predicted molar refractivity (Wildman–Crippen MR) is 104 cm³/mol. The van der Waals surface area contributed by atoms with Gasteiger partial charge in [0.15, 0.2) is 11.5 Å². The zero-order chi connectivity index (χ0) is 22.5. The maximum atomic E-state index is 12.3. The SMILES string of the molecule is NC(Cc1ccc(OP(=O)(O)O)cc1)C(=O)NC(Cc1ccc(O)c(O)c1)C(=O)O. The Morgan fingerprint density at radius 2 is 1.60 bits per heavy atom. The number of phenols is 2. The maximum absolute atomic E-state index is 12.3. The minimum absolute atomic E-state index is 0.0361. The number of rotatable bonds is 9. The topological polar surface area (TPSA) is 200 Å². The van der Waals surface area contributed by atoms with Crippen molar-refractivity contribution < 1.29 is 43.8 Å². The van der Waals surface area contributed by atoms with Crippen LogP contribution in [0.4, 0.5) is 0 Å². The number of aromatic hydroxyl groups is 2. The van der Waals surface area contributed by atoms with Crippen LogP contribution < -0.4 is 15.6 Å². The van der Waals surface area contributed by atoms with Crippen molar-refractivity contribution in [2.24, 2.45) is 5.73 Å². The Morgan fingerprint density at radius 3 is 2.13 bits per heavy atom. The van der Waals surface area contributed by atoms with Gasteiger partial charge in [0, 0.05) is 6.42 Å². The lowest BCUT2D eigenvalue weighted by Gasteiger charge is -2.18. The third-order valence-corrected chi connectivity index (χ3v) is 4.48. The number of carbonyl (C=O) groups excluding carboxylic acids is 1. The third kappa shape index (κ3) is 7.05. The summed E-state index contributed by atoms with van der Waals surface area (Å²) in [6.07, 6.45) is -0.107. The molecule has 0 aliphatic heterocycles. The molecule has 2 unspecified atom stereocenters. The van der Waals surface area contributed by atoms with Crippen LogP contribution in [0.1, 0.15) is 11.1 Å². The molecule has 0 fully saturated rings. The molecule has 0 radical (unpaired) electrons. The highest BCUT2D eigenvalue weighted by molar-refractivity contribution is 7.46. The van der Waals surface area contributed by atoms with Crippen molar-refractivity contribution in [3.8, 4) is 17.2 Å². The Kier molecular flexibility index (Phi) is 7.41. The van der Waals surface area contributed by atoms with E-state index >= 15 is 0 Å². The molecule has 0 heterocycles. The van der Waals surface area contributed by atoms with Gasteiger partial charge in [-0.2, -0.15) is 0 Å². The second-order valence-electron chi connectivity index (χ2n) is 6.46. The number of nitrogens with one attached hydrogen (secondary N) is 1. The lowest BCUT2D eigenvalue weighted by Crippen LogP contribution is -2.50. The number of aliphatic carboxylic acids is 1. The number of benzene rings is 2. The molecule has 12 heteroatoms. The molecule has 0 saturated carbocycles. The molecule has 1 amide bonds. The van der Waals surface area contributed by atoms with Crippen LogP contribution in [0.2, 0.25) is 0 Å². The minimum atomic E-state index is -4.68. The summed E-state index contributed by atoms with van der Waals surface area (Å²) in [6.45, 7) is 0. The molecule has 0 saturated heterocycles. The van der Waals surface area contributed by atoms with Crippen LogP contribution in [0.25, 0.3) is 0 Å². The van der Waals surface area contributed by atoms with Gasteiger partial charge in [0.2, 0.25) is 5.91 Å². The lowest BCUT2D eigenvalue weighted by molar-refractivity contribution is -0.142. The Balaban J connectivity index is 1.98. The zero-order valence-corrected chi connectivity index (χ0v) is 16.4. The summed E-state index contributed by atoms with van der Waals surface area (Å²) >= 11 is 0. The number of carboxylic acids is 1. The zero-order valence-electron chi connectivity index (χ0n) is 15.5. The molecule has 0 bridgehead atoms. The van der Waals surface area contributed by atoms with E-state index in [2.05, 4.69) is 9.84 Å². The largest absolute Gasteiger partial charge is 0.524 e. The van der Waals surface area contributed by atoms with Crippen LogP contribution in [0.5, 0.6) is 17.2 Å². The number of carboxylic acid groups (broad SMARTS) is 1. The molecule has 2 rings (SSSR count). The standard InChI is InChI=1S/C18H21N2O9P/c19-13(7-10-1-4-12(5-2-10)29-30(26,27)28)17(23)20-14(18(24)25)8-11-3-6-15(21)16(22)9-11/h1-6,9,13-14,21-22H,7-8,19H2,(H,20,23)(H,24,25)(H2,26,27,28). The first kappa shape index (κ1) is 23.2. The van der Waals surface area contributed by atoms with E-state index in [9.17, 15) is 29.5 Å². The molecular formula is C18H21N2O9P. The fourth-order valence-corrected chi connectivity index (χ4v) is 2.98. The van der Waals surface area contributed by atoms with Crippen molar-refractivity contribution in [1.29, 1.82) is 0 Å². The maximum Gasteiger partial charge on any atom is 0.524 e. The van der Waals surface area contributed by atoms with Crippen molar-refractivity contribution in [2.75, 3.05) is 0 Å². The number of phenolic OH excluding ortho intramolecular Hbond substituents is 2.